The highest BCUT2D eigenvalue weighted by atomic mass is 16.5. The van der Waals surface area contributed by atoms with Gasteiger partial charge in [0.15, 0.2) is 6.61 Å². The molecule has 3 aromatic rings. The van der Waals surface area contributed by atoms with Gasteiger partial charge in [0, 0.05) is 22.7 Å². The Morgan fingerprint density at radius 3 is 2.52 bits per heavy atom. The zero-order valence-corrected chi connectivity index (χ0v) is 15.5. The van der Waals surface area contributed by atoms with E-state index in [1.165, 1.54) is 0 Å². The highest BCUT2D eigenvalue weighted by Gasteiger charge is 2.15. The van der Waals surface area contributed by atoms with E-state index in [0.29, 0.717) is 29.4 Å². The van der Waals surface area contributed by atoms with Gasteiger partial charge in [0.25, 0.3) is 0 Å². The predicted octanol–water partition coefficient (Wildman–Crippen LogP) is 4.63. The van der Waals surface area contributed by atoms with Crippen LogP contribution in [0.2, 0.25) is 0 Å². The zero-order valence-electron chi connectivity index (χ0n) is 15.5. The van der Waals surface area contributed by atoms with Crippen LogP contribution in [0.3, 0.4) is 0 Å². The third kappa shape index (κ3) is 4.76. The normalized spacial score (nSPS) is 10.9. The lowest BCUT2D eigenvalue weighted by Crippen LogP contribution is -2.14. The number of ether oxygens (including phenoxy) is 2. The first-order chi connectivity index (χ1) is 13.0. The van der Waals surface area contributed by atoms with E-state index in [-0.39, 0.29) is 12.4 Å². The van der Waals surface area contributed by atoms with Gasteiger partial charge in [-0.25, -0.2) is 4.79 Å². The fraction of sp³-hybridized carbons (Fsp3) is 0.273. The van der Waals surface area contributed by atoms with Crippen molar-refractivity contribution in [2.45, 2.75) is 20.3 Å². The summed E-state index contributed by atoms with van der Waals surface area (Å²) in [6, 6.07) is 14.3. The lowest BCUT2D eigenvalue weighted by Gasteiger charge is -2.09. The number of Topliss-reactive ketones (excluding diaryl/α,β-unsaturated/α-hetero) is 1. The standard InChI is InChI=1S/C22H23NO4/c1-15(2)11-12-26-17-9-7-16(8-10-17)22(25)27-14-21(24)19-13-23-20-6-4-3-5-18(19)20/h3-10,13,15,23H,11-12,14H2,1-2H3. The number of hydrogen-bond donors (Lipinski definition) is 1. The fourth-order valence-electron chi connectivity index (χ4n) is 2.69. The highest BCUT2D eigenvalue weighted by molar-refractivity contribution is 6.09. The van der Waals surface area contributed by atoms with Gasteiger partial charge in [0.2, 0.25) is 5.78 Å². The quantitative estimate of drug-likeness (QED) is 0.467. The summed E-state index contributed by atoms with van der Waals surface area (Å²) in [5.41, 5.74) is 1.78. The minimum atomic E-state index is -0.531. The van der Waals surface area contributed by atoms with Crippen molar-refractivity contribution < 1.29 is 19.1 Å². The summed E-state index contributed by atoms with van der Waals surface area (Å²) >= 11 is 0. The SMILES string of the molecule is CC(C)CCOc1ccc(C(=O)OCC(=O)c2c[nH]c3ccccc23)cc1. The van der Waals surface area contributed by atoms with Crippen molar-refractivity contribution in [3.63, 3.8) is 0 Å². The molecule has 5 heteroatoms. The molecule has 1 heterocycles. The molecule has 0 unspecified atom stereocenters. The first-order valence-corrected chi connectivity index (χ1v) is 9.04. The zero-order chi connectivity index (χ0) is 19.2. The van der Waals surface area contributed by atoms with Crippen LogP contribution in [0.4, 0.5) is 0 Å². The summed E-state index contributed by atoms with van der Waals surface area (Å²) in [6.45, 7) is 4.62. The number of fused-ring (bicyclic) bond motifs is 1. The Morgan fingerprint density at radius 2 is 1.78 bits per heavy atom. The summed E-state index contributed by atoms with van der Waals surface area (Å²) < 4.78 is 10.8. The summed E-state index contributed by atoms with van der Waals surface area (Å²) in [5, 5.41) is 0.821. The number of carbonyl (C=O) groups excluding carboxylic acids is 2. The topological polar surface area (TPSA) is 68.4 Å². The van der Waals surface area contributed by atoms with Gasteiger partial charge in [-0.2, -0.15) is 0 Å². The lowest BCUT2D eigenvalue weighted by molar-refractivity contribution is 0.0475. The van der Waals surface area contributed by atoms with E-state index in [1.807, 2.05) is 24.3 Å². The van der Waals surface area contributed by atoms with Gasteiger partial charge in [-0.1, -0.05) is 32.0 Å². The van der Waals surface area contributed by atoms with Gasteiger partial charge in [0.1, 0.15) is 5.75 Å². The molecule has 0 amide bonds. The molecule has 3 rings (SSSR count). The number of ketones is 1. The number of hydrogen-bond acceptors (Lipinski definition) is 4. The van der Waals surface area contributed by atoms with Crippen LogP contribution in [0.15, 0.2) is 54.7 Å². The molecule has 2 aromatic carbocycles. The van der Waals surface area contributed by atoms with Crippen molar-refractivity contribution in [1.82, 2.24) is 4.98 Å². The summed E-state index contributed by atoms with van der Waals surface area (Å²) in [6.07, 6.45) is 2.61. The predicted molar refractivity (Wildman–Crippen MR) is 104 cm³/mol. The fourth-order valence-corrected chi connectivity index (χ4v) is 2.69. The van der Waals surface area contributed by atoms with Crippen LogP contribution in [-0.2, 0) is 4.74 Å². The number of nitrogens with one attached hydrogen (secondary N) is 1. The average molecular weight is 365 g/mol. The van der Waals surface area contributed by atoms with Crippen molar-refractivity contribution in [3.8, 4) is 5.75 Å². The van der Waals surface area contributed by atoms with Crippen LogP contribution in [0.5, 0.6) is 5.75 Å². The number of H-pyrrole nitrogens is 1. The van der Waals surface area contributed by atoms with E-state index in [9.17, 15) is 9.59 Å². The smallest absolute Gasteiger partial charge is 0.338 e. The Balaban J connectivity index is 1.55. The number of benzene rings is 2. The van der Waals surface area contributed by atoms with Crippen molar-refractivity contribution in [3.05, 3.63) is 65.9 Å². The molecule has 0 atom stereocenters. The molecule has 0 saturated heterocycles. The first kappa shape index (κ1) is 18.7. The number of para-hydroxylation sites is 1. The van der Waals surface area contributed by atoms with Crippen LogP contribution in [0.25, 0.3) is 10.9 Å². The Kier molecular flexibility index (Phi) is 5.91. The van der Waals surface area contributed by atoms with Gasteiger partial charge < -0.3 is 14.5 Å². The van der Waals surface area contributed by atoms with Crippen LogP contribution < -0.4 is 4.74 Å². The van der Waals surface area contributed by atoms with Crippen LogP contribution >= 0.6 is 0 Å². The number of carbonyl (C=O) groups is 2. The molecule has 1 N–H and O–H groups in total. The molecule has 0 radical (unpaired) electrons. The summed E-state index contributed by atoms with van der Waals surface area (Å²) in [4.78, 5) is 27.6. The molecule has 0 fully saturated rings. The molecule has 1 aromatic heterocycles. The van der Waals surface area contributed by atoms with E-state index < -0.39 is 5.97 Å². The van der Waals surface area contributed by atoms with Crippen molar-refractivity contribution >= 4 is 22.7 Å². The molecule has 0 aliphatic rings. The molecule has 5 nitrogen and oxygen atoms in total. The van der Waals surface area contributed by atoms with Crippen LogP contribution in [0.1, 0.15) is 41.0 Å². The average Bonchev–Trinajstić information content (AvgIpc) is 3.10. The van der Waals surface area contributed by atoms with E-state index in [0.717, 1.165) is 17.3 Å². The maximum absolute atomic E-state index is 12.4. The van der Waals surface area contributed by atoms with E-state index in [4.69, 9.17) is 9.47 Å². The van der Waals surface area contributed by atoms with E-state index in [2.05, 4.69) is 18.8 Å². The maximum Gasteiger partial charge on any atom is 0.338 e. The number of aromatic nitrogens is 1. The monoisotopic (exact) mass is 365 g/mol. The van der Waals surface area contributed by atoms with Gasteiger partial charge in [-0.05, 0) is 42.7 Å². The molecule has 0 spiro atoms. The second-order valence-corrected chi connectivity index (χ2v) is 6.80. The molecule has 0 aliphatic carbocycles. The van der Waals surface area contributed by atoms with Crippen LogP contribution in [0, 0.1) is 5.92 Å². The summed E-state index contributed by atoms with van der Waals surface area (Å²) in [7, 11) is 0. The van der Waals surface area contributed by atoms with Crippen molar-refractivity contribution in [2.75, 3.05) is 13.2 Å². The van der Waals surface area contributed by atoms with Gasteiger partial charge >= 0.3 is 5.97 Å². The molecule has 0 bridgehead atoms. The Bertz CT molecular complexity index is 925. The highest BCUT2D eigenvalue weighted by Crippen LogP contribution is 2.19. The Hall–Kier alpha value is -3.08. The van der Waals surface area contributed by atoms with Crippen molar-refractivity contribution in [1.29, 1.82) is 0 Å². The maximum atomic E-state index is 12.4. The largest absolute Gasteiger partial charge is 0.494 e. The number of aromatic amines is 1. The lowest BCUT2D eigenvalue weighted by atomic mass is 10.1. The molecular formula is C22H23NO4. The third-order valence-corrected chi connectivity index (χ3v) is 4.28. The molecule has 0 saturated carbocycles. The Morgan fingerprint density at radius 1 is 1.04 bits per heavy atom. The molecule has 27 heavy (non-hydrogen) atoms. The third-order valence-electron chi connectivity index (χ3n) is 4.28. The van der Waals surface area contributed by atoms with E-state index in [1.54, 1.807) is 30.5 Å². The summed E-state index contributed by atoms with van der Waals surface area (Å²) in [5.74, 6) is 0.516. The molecular weight excluding hydrogens is 342 g/mol. The number of esters is 1. The second kappa shape index (κ2) is 8.54. The van der Waals surface area contributed by atoms with Crippen LogP contribution in [-0.4, -0.2) is 30.0 Å². The molecule has 140 valence electrons. The van der Waals surface area contributed by atoms with Gasteiger partial charge in [-0.15, -0.1) is 0 Å². The van der Waals surface area contributed by atoms with E-state index >= 15 is 0 Å². The second-order valence-electron chi connectivity index (χ2n) is 6.80. The Labute approximate surface area is 158 Å². The molecule has 0 aliphatic heterocycles. The minimum absolute atomic E-state index is 0.241. The number of rotatable bonds is 8. The van der Waals surface area contributed by atoms with Crippen molar-refractivity contribution in [2.24, 2.45) is 5.92 Å². The first-order valence-electron chi connectivity index (χ1n) is 9.04. The minimum Gasteiger partial charge on any atom is -0.494 e. The van der Waals surface area contributed by atoms with Gasteiger partial charge in [-0.3, -0.25) is 4.79 Å². The van der Waals surface area contributed by atoms with Gasteiger partial charge in [0.05, 0.1) is 12.2 Å².